The molecule has 274 valence electrons. The van der Waals surface area contributed by atoms with Crippen LogP contribution in [0, 0.1) is 12.8 Å². The number of nitrogens with one attached hydrogen (secondary N) is 2. The monoisotopic (exact) mass is 702 g/mol. The number of aliphatic carboxylic acids is 1. The molecule has 1 aliphatic heterocycles. The molecule has 0 bridgehead atoms. The summed E-state index contributed by atoms with van der Waals surface area (Å²) in [5.41, 5.74) is 9.77. The number of aromatic nitrogens is 2. The average molecular weight is 703 g/mol. The van der Waals surface area contributed by atoms with Gasteiger partial charge in [0.1, 0.15) is 17.7 Å². The molecule has 5 rings (SSSR count). The van der Waals surface area contributed by atoms with E-state index in [1.54, 1.807) is 0 Å². The van der Waals surface area contributed by atoms with Crippen molar-refractivity contribution in [2.75, 3.05) is 56.8 Å². The largest absolute Gasteiger partial charge is 0.481 e. The first-order chi connectivity index (χ1) is 24.7. The molecular weight excluding hydrogens is 652 g/mol. The molecule has 1 aliphatic carbocycles. The van der Waals surface area contributed by atoms with E-state index < -0.39 is 12.0 Å². The SMILES string of the molecule is Cc1nc([C@H](C)NC(=O)c2ccc(-c3ccc(N)cc3)cc2)cc(N2[C@H](C(=O)NCCOCCOCCOCCC(=O)O)C[C@@H]3CCCC[C@@H]32)n1. The zero-order chi connectivity index (χ0) is 36.2. The Hall–Kier alpha value is -4.59. The fourth-order valence-electron chi connectivity index (χ4n) is 6.86. The number of carboxylic acids is 1. The van der Waals surface area contributed by atoms with Gasteiger partial charge in [-0.15, -0.1) is 0 Å². The van der Waals surface area contributed by atoms with Crippen molar-refractivity contribution in [3.63, 3.8) is 0 Å². The van der Waals surface area contributed by atoms with E-state index >= 15 is 0 Å². The number of carbonyl (C=O) groups is 3. The number of ether oxygens (including phenoxy) is 3. The molecule has 2 amide bonds. The van der Waals surface area contributed by atoms with Crippen LogP contribution in [0.15, 0.2) is 54.6 Å². The Morgan fingerprint density at radius 2 is 1.53 bits per heavy atom. The van der Waals surface area contributed by atoms with E-state index in [1.807, 2.05) is 68.4 Å². The Morgan fingerprint density at radius 3 is 2.22 bits per heavy atom. The predicted molar refractivity (Wildman–Crippen MR) is 193 cm³/mol. The Labute approximate surface area is 299 Å². The zero-order valence-corrected chi connectivity index (χ0v) is 29.5. The van der Waals surface area contributed by atoms with Gasteiger partial charge in [-0.3, -0.25) is 14.4 Å². The fraction of sp³-hybridized carbons (Fsp3) is 0.500. The Balaban J connectivity index is 1.15. The Bertz CT molecular complexity index is 1600. The van der Waals surface area contributed by atoms with Crippen molar-refractivity contribution in [2.45, 2.75) is 70.5 Å². The maximum atomic E-state index is 13.6. The van der Waals surface area contributed by atoms with Crippen LogP contribution in [0.3, 0.4) is 0 Å². The van der Waals surface area contributed by atoms with Gasteiger partial charge in [-0.05, 0) is 74.4 Å². The number of amides is 2. The third kappa shape index (κ3) is 10.7. The van der Waals surface area contributed by atoms with Crippen molar-refractivity contribution < 1.29 is 33.7 Å². The van der Waals surface area contributed by atoms with Crippen LogP contribution in [0.4, 0.5) is 11.5 Å². The number of nitrogens with zero attached hydrogens (tertiary/aromatic N) is 3. The third-order valence-corrected chi connectivity index (χ3v) is 9.43. The predicted octanol–water partition coefficient (Wildman–Crippen LogP) is 4.30. The van der Waals surface area contributed by atoms with E-state index in [0.717, 1.165) is 43.2 Å². The molecule has 2 heterocycles. The summed E-state index contributed by atoms with van der Waals surface area (Å²) in [6.45, 7) is 6.06. The summed E-state index contributed by atoms with van der Waals surface area (Å²) in [7, 11) is 0. The number of rotatable bonds is 18. The van der Waals surface area contributed by atoms with Crippen LogP contribution >= 0.6 is 0 Å². The molecule has 0 radical (unpaired) electrons. The van der Waals surface area contributed by atoms with Gasteiger partial charge >= 0.3 is 5.97 Å². The number of hydrogen-bond donors (Lipinski definition) is 4. The lowest BCUT2D eigenvalue weighted by molar-refractivity contribution is -0.138. The van der Waals surface area contributed by atoms with Crippen LogP contribution in [-0.2, 0) is 23.8 Å². The first kappa shape index (κ1) is 37.7. The van der Waals surface area contributed by atoms with Crippen LogP contribution in [0.2, 0.25) is 0 Å². The second kappa shape index (κ2) is 18.6. The van der Waals surface area contributed by atoms with E-state index in [0.29, 0.717) is 74.1 Å². The Kier molecular flexibility index (Phi) is 13.7. The van der Waals surface area contributed by atoms with Gasteiger partial charge in [0.2, 0.25) is 5.91 Å². The van der Waals surface area contributed by atoms with Gasteiger partial charge < -0.3 is 40.6 Å². The van der Waals surface area contributed by atoms with Gasteiger partial charge in [-0.1, -0.05) is 37.1 Å². The van der Waals surface area contributed by atoms with E-state index in [-0.39, 0.29) is 36.9 Å². The molecule has 2 aliphatic rings. The lowest BCUT2D eigenvalue weighted by Gasteiger charge is -2.35. The number of nitrogen functional groups attached to an aromatic ring is 1. The highest BCUT2D eigenvalue weighted by Crippen LogP contribution is 2.42. The van der Waals surface area contributed by atoms with Crippen molar-refractivity contribution in [1.29, 1.82) is 0 Å². The van der Waals surface area contributed by atoms with Gasteiger partial charge in [0, 0.05) is 29.9 Å². The molecule has 1 aromatic heterocycles. The van der Waals surface area contributed by atoms with Crippen LogP contribution in [0.1, 0.15) is 73.4 Å². The number of benzene rings is 2. The van der Waals surface area contributed by atoms with E-state index in [2.05, 4.69) is 20.5 Å². The summed E-state index contributed by atoms with van der Waals surface area (Å²) < 4.78 is 16.3. The fourth-order valence-corrected chi connectivity index (χ4v) is 6.86. The summed E-state index contributed by atoms with van der Waals surface area (Å²) in [6.07, 6.45) is 5.08. The van der Waals surface area contributed by atoms with Gasteiger partial charge in [-0.2, -0.15) is 0 Å². The molecule has 51 heavy (non-hydrogen) atoms. The van der Waals surface area contributed by atoms with Gasteiger partial charge in [0.05, 0.1) is 57.8 Å². The number of anilines is 2. The van der Waals surface area contributed by atoms with Crippen LogP contribution < -0.4 is 21.3 Å². The molecule has 13 nitrogen and oxygen atoms in total. The first-order valence-corrected chi connectivity index (χ1v) is 17.8. The normalized spacial score (nSPS) is 18.9. The summed E-state index contributed by atoms with van der Waals surface area (Å²) in [5, 5.41) is 14.8. The highest BCUT2D eigenvalue weighted by Gasteiger charge is 2.46. The number of carboxylic acid groups (broad SMARTS) is 1. The lowest BCUT2D eigenvalue weighted by Crippen LogP contribution is -2.48. The average Bonchev–Trinajstić information content (AvgIpc) is 3.52. The maximum absolute atomic E-state index is 13.6. The minimum absolute atomic E-state index is 0.0306. The molecule has 1 saturated carbocycles. The molecular formula is C38H50N6O7. The molecule has 0 unspecified atom stereocenters. The third-order valence-electron chi connectivity index (χ3n) is 9.43. The lowest BCUT2D eigenvalue weighted by atomic mass is 9.84. The van der Waals surface area contributed by atoms with Crippen LogP contribution in [0.25, 0.3) is 11.1 Å². The summed E-state index contributed by atoms with van der Waals surface area (Å²) in [5.74, 6) is 0.549. The summed E-state index contributed by atoms with van der Waals surface area (Å²) in [4.78, 5) is 49.1. The number of hydrogen-bond acceptors (Lipinski definition) is 10. The molecule has 0 spiro atoms. The van der Waals surface area contributed by atoms with Gasteiger partial charge in [0.25, 0.3) is 5.91 Å². The van der Waals surface area contributed by atoms with Crippen molar-refractivity contribution >= 4 is 29.3 Å². The summed E-state index contributed by atoms with van der Waals surface area (Å²) in [6, 6.07) is 16.4. The number of carbonyl (C=O) groups excluding carboxylic acids is 2. The molecule has 13 heteroatoms. The molecule has 1 saturated heterocycles. The van der Waals surface area contributed by atoms with Gasteiger partial charge in [0.15, 0.2) is 0 Å². The minimum Gasteiger partial charge on any atom is -0.481 e. The zero-order valence-electron chi connectivity index (χ0n) is 29.5. The molecule has 5 N–H and O–H groups in total. The quantitative estimate of drug-likeness (QED) is 0.110. The van der Waals surface area contributed by atoms with E-state index in [9.17, 15) is 14.4 Å². The maximum Gasteiger partial charge on any atom is 0.305 e. The molecule has 2 fully saturated rings. The number of fused-ring (bicyclic) bond motifs is 1. The molecule has 4 atom stereocenters. The molecule has 3 aromatic rings. The van der Waals surface area contributed by atoms with Crippen molar-refractivity contribution in [3.8, 4) is 11.1 Å². The van der Waals surface area contributed by atoms with Crippen LogP contribution in [-0.4, -0.2) is 91.1 Å². The standard InChI is InChI=1S/C38H50N6O7/c1-25(41-37(47)29-9-7-27(8-10-29)28-11-13-31(39)14-12-28)32-24-35(43-26(2)42-32)44-33-6-4-3-5-30(33)23-34(44)38(48)40-16-18-50-20-22-51-21-19-49-17-15-36(45)46/h7-14,24-25,30,33-34H,3-6,15-23,39H2,1-2H3,(H,40,48)(H,41,47)(H,45,46)/t25-,30-,33-,34-/m0/s1. The van der Waals surface area contributed by atoms with Crippen molar-refractivity contribution in [2.24, 2.45) is 5.92 Å². The Morgan fingerprint density at radius 1 is 0.902 bits per heavy atom. The second-order valence-electron chi connectivity index (χ2n) is 13.1. The van der Waals surface area contributed by atoms with E-state index in [1.165, 1.54) is 0 Å². The topological polar surface area (TPSA) is 178 Å². The second-order valence-corrected chi connectivity index (χ2v) is 13.1. The van der Waals surface area contributed by atoms with Crippen molar-refractivity contribution in [1.82, 2.24) is 20.6 Å². The minimum atomic E-state index is -0.893. The van der Waals surface area contributed by atoms with Gasteiger partial charge in [-0.25, -0.2) is 9.97 Å². The summed E-state index contributed by atoms with van der Waals surface area (Å²) >= 11 is 0. The number of nitrogens with two attached hydrogens (primary N) is 1. The molecule has 2 aromatic carbocycles. The smallest absolute Gasteiger partial charge is 0.305 e. The highest BCUT2D eigenvalue weighted by molar-refractivity contribution is 5.95. The number of aryl methyl sites for hydroxylation is 1. The highest BCUT2D eigenvalue weighted by atomic mass is 16.5. The van der Waals surface area contributed by atoms with Crippen molar-refractivity contribution in [3.05, 3.63) is 71.7 Å². The van der Waals surface area contributed by atoms with Crippen LogP contribution in [0.5, 0.6) is 0 Å². The first-order valence-electron chi connectivity index (χ1n) is 17.8. The van der Waals surface area contributed by atoms with E-state index in [4.69, 9.17) is 30.0 Å².